The van der Waals surface area contributed by atoms with Crippen LogP contribution in [-0.2, 0) is 6.42 Å². The van der Waals surface area contributed by atoms with Crippen LogP contribution in [0.3, 0.4) is 0 Å². The quantitative estimate of drug-likeness (QED) is 0.492. The predicted octanol–water partition coefficient (Wildman–Crippen LogP) is 3.85. The summed E-state index contributed by atoms with van der Waals surface area (Å²) >= 11 is 0. The maximum Gasteiger partial charge on any atom is 0.349 e. The number of carbonyl (C=O) groups excluding carboxylic acids is 1. The zero-order valence-electron chi connectivity index (χ0n) is 16.6. The number of nitrogens with one attached hydrogen (secondary N) is 2. The highest BCUT2D eigenvalue weighted by Gasteiger charge is 2.16. The van der Waals surface area contributed by atoms with Crippen molar-refractivity contribution in [1.29, 1.82) is 0 Å². The fourth-order valence-electron chi connectivity index (χ4n) is 3.52. The van der Waals surface area contributed by atoms with Crippen molar-refractivity contribution in [2.24, 2.45) is 0 Å². The molecule has 0 spiro atoms. The standard InChI is InChI=1S/C23H20N2O5/c1-3-5-13-11-20(26)25-18-12-15(8-9-16(13)18)24-22(27)17-10-14-6-4-7-19(29-2)21(14)30-23(17)28/h4,6-12H,3,5H2,1-2H3,(H,24,27)(H,25,26). The number of H-pyrrole nitrogens is 1. The van der Waals surface area contributed by atoms with E-state index in [-0.39, 0.29) is 16.7 Å². The number of aryl methyl sites for hydroxylation is 1. The second-order valence-electron chi connectivity index (χ2n) is 6.95. The van der Waals surface area contributed by atoms with Crippen LogP contribution in [0.5, 0.6) is 5.75 Å². The van der Waals surface area contributed by atoms with Gasteiger partial charge in [0.2, 0.25) is 5.56 Å². The number of pyridine rings is 1. The lowest BCUT2D eigenvalue weighted by Gasteiger charge is -2.09. The van der Waals surface area contributed by atoms with Crippen LogP contribution >= 0.6 is 0 Å². The van der Waals surface area contributed by atoms with Gasteiger partial charge in [-0.15, -0.1) is 0 Å². The summed E-state index contributed by atoms with van der Waals surface area (Å²) in [4.78, 5) is 39.8. The Morgan fingerprint density at radius 1 is 1.13 bits per heavy atom. The molecule has 2 N–H and O–H groups in total. The molecule has 0 saturated carbocycles. The molecule has 0 aliphatic heterocycles. The highest BCUT2D eigenvalue weighted by molar-refractivity contribution is 6.06. The van der Waals surface area contributed by atoms with Crippen molar-refractivity contribution in [3.05, 3.63) is 80.4 Å². The molecule has 0 bridgehead atoms. The SMILES string of the molecule is CCCc1cc(=O)[nH]c2cc(NC(=O)c3cc4cccc(OC)c4oc3=O)ccc12. The van der Waals surface area contributed by atoms with Gasteiger partial charge in [-0.25, -0.2) is 4.79 Å². The molecule has 30 heavy (non-hydrogen) atoms. The monoisotopic (exact) mass is 404 g/mol. The molecule has 0 saturated heterocycles. The summed E-state index contributed by atoms with van der Waals surface area (Å²) in [6, 6.07) is 13.5. The minimum atomic E-state index is -0.760. The average molecular weight is 404 g/mol. The minimum Gasteiger partial charge on any atom is -0.493 e. The summed E-state index contributed by atoms with van der Waals surface area (Å²) in [5, 5.41) is 4.20. The predicted molar refractivity (Wildman–Crippen MR) is 116 cm³/mol. The Kier molecular flexibility index (Phi) is 5.10. The molecule has 4 rings (SSSR count). The Bertz CT molecular complexity index is 1380. The maximum atomic E-state index is 12.7. The summed E-state index contributed by atoms with van der Waals surface area (Å²) < 4.78 is 10.5. The van der Waals surface area contributed by atoms with Gasteiger partial charge in [0.1, 0.15) is 5.56 Å². The average Bonchev–Trinajstić information content (AvgIpc) is 2.72. The van der Waals surface area contributed by atoms with Gasteiger partial charge in [0.15, 0.2) is 11.3 Å². The van der Waals surface area contributed by atoms with Crippen molar-refractivity contribution in [2.75, 3.05) is 12.4 Å². The van der Waals surface area contributed by atoms with Crippen LogP contribution in [-0.4, -0.2) is 18.0 Å². The molecule has 152 valence electrons. The highest BCUT2D eigenvalue weighted by atomic mass is 16.5. The number of anilines is 1. The number of fused-ring (bicyclic) bond motifs is 2. The molecule has 4 aromatic rings. The van der Waals surface area contributed by atoms with Crippen molar-refractivity contribution in [1.82, 2.24) is 4.98 Å². The second kappa shape index (κ2) is 7.87. The third-order valence-electron chi connectivity index (χ3n) is 4.89. The third-order valence-corrected chi connectivity index (χ3v) is 4.89. The van der Waals surface area contributed by atoms with Crippen LogP contribution in [0.2, 0.25) is 0 Å². The van der Waals surface area contributed by atoms with Gasteiger partial charge in [-0.1, -0.05) is 31.5 Å². The van der Waals surface area contributed by atoms with E-state index < -0.39 is 11.5 Å². The summed E-state index contributed by atoms with van der Waals surface area (Å²) in [5.74, 6) is -0.183. The van der Waals surface area contributed by atoms with E-state index >= 15 is 0 Å². The first-order chi connectivity index (χ1) is 14.5. The highest BCUT2D eigenvalue weighted by Crippen LogP contribution is 2.25. The van der Waals surface area contributed by atoms with Gasteiger partial charge in [0, 0.05) is 22.5 Å². The van der Waals surface area contributed by atoms with E-state index in [9.17, 15) is 14.4 Å². The van der Waals surface area contributed by atoms with E-state index in [1.54, 1.807) is 36.4 Å². The number of methoxy groups -OCH3 is 1. The van der Waals surface area contributed by atoms with Crippen LogP contribution in [0.25, 0.3) is 21.9 Å². The third kappa shape index (κ3) is 3.57. The van der Waals surface area contributed by atoms with E-state index in [4.69, 9.17) is 9.15 Å². The van der Waals surface area contributed by atoms with Crippen molar-refractivity contribution >= 4 is 33.5 Å². The zero-order chi connectivity index (χ0) is 21.3. The van der Waals surface area contributed by atoms with E-state index in [0.29, 0.717) is 22.3 Å². The van der Waals surface area contributed by atoms with Gasteiger partial charge in [0.05, 0.1) is 12.6 Å². The molecule has 0 aliphatic rings. The van der Waals surface area contributed by atoms with Crippen molar-refractivity contribution in [2.45, 2.75) is 19.8 Å². The summed E-state index contributed by atoms with van der Waals surface area (Å²) in [6.07, 6.45) is 1.70. The number of hydrogen-bond acceptors (Lipinski definition) is 5. The van der Waals surface area contributed by atoms with Crippen molar-refractivity contribution in [3.63, 3.8) is 0 Å². The largest absolute Gasteiger partial charge is 0.493 e. The summed E-state index contributed by atoms with van der Waals surface area (Å²) in [5.41, 5.74) is 1.25. The number of amides is 1. The number of hydrogen-bond donors (Lipinski definition) is 2. The number of benzene rings is 2. The molecule has 0 unspecified atom stereocenters. The Balaban J connectivity index is 1.70. The molecule has 2 aromatic carbocycles. The molecule has 0 aliphatic carbocycles. The molecular formula is C23H20N2O5. The Hall–Kier alpha value is -3.87. The second-order valence-corrected chi connectivity index (χ2v) is 6.95. The molecule has 2 heterocycles. The number of aromatic nitrogens is 1. The normalized spacial score (nSPS) is 11.0. The molecular weight excluding hydrogens is 384 g/mol. The maximum absolute atomic E-state index is 12.7. The smallest absolute Gasteiger partial charge is 0.349 e. The van der Waals surface area contributed by atoms with Crippen LogP contribution in [0.4, 0.5) is 5.69 Å². The fraction of sp³-hybridized carbons (Fsp3) is 0.174. The summed E-state index contributed by atoms with van der Waals surface area (Å²) in [7, 11) is 1.48. The number of aromatic amines is 1. The minimum absolute atomic E-state index is 0.121. The summed E-state index contributed by atoms with van der Waals surface area (Å²) in [6.45, 7) is 2.05. The first kappa shape index (κ1) is 19.4. The van der Waals surface area contributed by atoms with Crippen LogP contribution < -0.4 is 21.2 Å². The lowest BCUT2D eigenvalue weighted by Crippen LogP contribution is -2.20. The zero-order valence-corrected chi connectivity index (χ0v) is 16.6. The van der Waals surface area contributed by atoms with Crippen molar-refractivity contribution in [3.8, 4) is 5.75 Å². The first-order valence-electron chi connectivity index (χ1n) is 9.58. The van der Waals surface area contributed by atoms with E-state index in [1.165, 1.54) is 13.2 Å². The van der Waals surface area contributed by atoms with Gasteiger partial charge in [-0.05, 0) is 36.2 Å². The lowest BCUT2D eigenvalue weighted by molar-refractivity contribution is 0.102. The first-order valence-corrected chi connectivity index (χ1v) is 9.58. The lowest BCUT2D eigenvalue weighted by atomic mass is 10.0. The molecule has 0 radical (unpaired) electrons. The molecule has 1 amide bonds. The Morgan fingerprint density at radius 2 is 1.97 bits per heavy atom. The number of para-hydroxylation sites is 1. The van der Waals surface area contributed by atoms with Crippen molar-refractivity contribution < 1.29 is 13.9 Å². The fourth-order valence-corrected chi connectivity index (χ4v) is 3.52. The number of carbonyl (C=O) groups is 1. The van der Waals surface area contributed by atoms with Gasteiger partial charge in [-0.3, -0.25) is 9.59 Å². The number of ether oxygens (including phenoxy) is 1. The van der Waals surface area contributed by atoms with E-state index in [1.807, 2.05) is 13.0 Å². The van der Waals surface area contributed by atoms with E-state index in [2.05, 4.69) is 10.3 Å². The molecule has 0 fully saturated rings. The molecule has 7 heteroatoms. The van der Waals surface area contributed by atoms with Gasteiger partial charge in [0.25, 0.3) is 5.91 Å². The van der Waals surface area contributed by atoms with E-state index in [0.717, 1.165) is 23.8 Å². The molecule has 0 atom stereocenters. The molecule has 7 nitrogen and oxygen atoms in total. The molecule has 2 aromatic heterocycles. The number of rotatable bonds is 5. The van der Waals surface area contributed by atoms with Crippen LogP contribution in [0.1, 0.15) is 29.3 Å². The van der Waals surface area contributed by atoms with Gasteiger partial charge in [-0.2, -0.15) is 0 Å². The van der Waals surface area contributed by atoms with Crippen LogP contribution in [0, 0.1) is 0 Å². The topological polar surface area (TPSA) is 101 Å². The van der Waals surface area contributed by atoms with Gasteiger partial charge < -0.3 is 19.5 Å². The van der Waals surface area contributed by atoms with Gasteiger partial charge >= 0.3 is 5.63 Å². The van der Waals surface area contributed by atoms with Crippen LogP contribution in [0.15, 0.2) is 62.5 Å². The Labute approximate surface area is 171 Å². The Morgan fingerprint density at radius 3 is 2.73 bits per heavy atom.